The number of hydrogen-bond acceptors (Lipinski definition) is 6. The number of amides is 1. The van der Waals surface area contributed by atoms with Crippen molar-refractivity contribution in [3.05, 3.63) is 111 Å². The Labute approximate surface area is 199 Å². The molecule has 0 fully saturated rings. The van der Waals surface area contributed by atoms with Crippen LogP contribution in [0.2, 0.25) is 5.02 Å². The van der Waals surface area contributed by atoms with Crippen molar-refractivity contribution in [2.24, 2.45) is 0 Å². The Morgan fingerprint density at radius 3 is 2.53 bits per heavy atom. The number of nitro benzene ring substituents is 1. The predicted octanol–water partition coefficient (Wildman–Crippen LogP) is 6.77. The van der Waals surface area contributed by atoms with Gasteiger partial charge in [-0.1, -0.05) is 23.7 Å². The van der Waals surface area contributed by atoms with E-state index in [2.05, 4.69) is 5.32 Å². The van der Waals surface area contributed by atoms with Gasteiger partial charge in [0.15, 0.2) is 5.76 Å². The van der Waals surface area contributed by atoms with E-state index in [1.807, 2.05) is 19.1 Å². The van der Waals surface area contributed by atoms with Gasteiger partial charge in [-0.15, -0.1) is 0 Å². The highest BCUT2D eigenvalue weighted by Crippen LogP contribution is 2.30. The van der Waals surface area contributed by atoms with E-state index < -0.39 is 10.8 Å². The van der Waals surface area contributed by atoms with Crippen molar-refractivity contribution in [1.29, 1.82) is 0 Å². The van der Waals surface area contributed by atoms with Crippen LogP contribution in [0.4, 0.5) is 11.4 Å². The molecule has 4 rings (SSSR count). The number of rotatable bonds is 8. The van der Waals surface area contributed by atoms with Gasteiger partial charge in [0.2, 0.25) is 0 Å². The second-order valence-electron chi connectivity index (χ2n) is 7.35. The van der Waals surface area contributed by atoms with Crippen molar-refractivity contribution in [1.82, 2.24) is 0 Å². The maximum absolute atomic E-state index is 12.7. The summed E-state index contributed by atoms with van der Waals surface area (Å²) in [6.07, 6.45) is 0. The molecule has 9 heteroatoms. The molecular weight excluding hydrogens is 460 g/mol. The maximum atomic E-state index is 12.7. The molecule has 1 N–H and O–H groups in total. The SMILES string of the molecule is Cc1cccc(Oc2cc(NC(=O)c3ccc(COc4ccc(Cl)cc4)o3)cc([N+](=O)[O-])c2)c1. The fourth-order valence-electron chi connectivity index (χ4n) is 3.09. The first-order valence-corrected chi connectivity index (χ1v) is 10.6. The first-order valence-electron chi connectivity index (χ1n) is 10.2. The summed E-state index contributed by atoms with van der Waals surface area (Å²) in [5, 5.41) is 14.6. The van der Waals surface area contributed by atoms with Crippen molar-refractivity contribution >= 4 is 28.9 Å². The Bertz CT molecular complexity index is 1330. The Kier molecular flexibility index (Phi) is 6.79. The van der Waals surface area contributed by atoms with Gasteiger partial charge in [-0.25, -0.2) is 0 Å². The maximum Gasteiger partial charge on any atom is 0.291 e. The van der Waals surface area contributed by atoms with E-state index in [0.29, 0.717) is 22.3 Å². The number of ether oxygens (including phenoxy) is 2. The lowest BCUT2D eigenvalue weighted by Crippen LogP contribution is -2.11. The van der Waals surface area contributed by atoms with E-state index in [4.69, 9.17) is 25.5 Å². The van der Waals surface area contributed by atoms with Crippen LogP contribution in [-0.2, 0) is 6.61 Å². The first kappa shape index (κ1) is 22.9. The number of nitro groups is 1. The fraction of sp³-hybridized carbons (Fsp3) is 0.0800. The highest BCUT2D eigenvalue weighted by atomic mass is 35.5. The lowest BCUT2D eigenvalue weighted by atomic mass is 10.2. The molecule has 34 heavy (non-hydrogen) atoms. The molecule has 0 bridgehead atoms. The average molecular weight is 479 g/mol. The molecule has 8 nitrogen and oxygen atoms in total. The van der Waals surface area contributed by atoms with Crippen LogP contribution in [0.25, 0.3) is 0 Å². The number of nitrogens with zero attached hydrogens (tertiary/aromatic N) is 1. The van der Waals surface area contributed by atoms with Gasteiger partial charge in [-0.05, 0) is 61.0 Å². The minimum absolute atomic E-state index is 0.0300. The highest BCUT2D eigenvalue weighted by Gasteiger charge is 2.16. The minimum atomic E-state index is -0.570. The van der Waals surface area contributed by atoms with E-state index in [1.165, 1.54) is 24.3 Å². The summed E-state index contributed by atoms with van der Waals surface area (Å²) in [6, 6.07) is 21.2. The van der Waals surface area contributed by atoms with Crippen LogP contribution in [0, 0.1) is 17.0 Å². The topological polar surface area (TPSA) is 104 Å². The smallest absolute Gasteiger partial charge is 0.291 e. The number of benzene rings is 3. The summed E-state index contributed by atoms with van der Waals surface area (Å²) in [5.41, 5.74) is 0.944. The second kappa shape index (κ2) is 10.1. The first-order chi connectivity index (χ1) is 16.4. The van der Waals surface area contributed by atoms with E-state index >= 15 is 0 Å². The molecule has 0 aliphatic carbocycles. The zero-order valence-electron chi connectivity index (χ0n) is 18.0. The zero-order valence-corrected chi connectivity index (χ0v) is 18.7. The van der Waals surface area contributed by atoms with Crippen LogP contribution < -0.4 is 14.8 Å². The second-order valence-corrected chi connectivity index (χ2v) is 7.79. The Balaban J connectivity index is 1.46. The monoisotopic (exact) mass is 478 g/mol. The number of non-ortho nitro benzene ring substituents is 1. The van der Waals surface area contributed by atoms with Crippen molar-refractivity contribution in [2.75, 3.05) is 5.32 Å². The summed E-state index contributed by atoms with van der Waals surface area (Å²) in [6.45, 7) is 2.02. The molecule has 1 aromatic heterocycles. The van der Waals surface area contributed by atoms with Gasteiger partial charge in [-0.3, -0.25) is 14.9 Å². The van der Waals surface area contributed by atoms with Crippen LogP contribution in [0.1, 0.15) is 21.9 Å². The molecule has 0 saturated heterocycles. The van der Waals surface area contributed by atoms with Crippen LogP contribution in [0.15, 0.2) is 83.3 Å². The zero-order chi connectivity index (χ0) is 24.1. The molecule has 0 atom stereocenters. The van der Waals surface area contributed by atoms with Gasteiger partial charge >= 0.3 is 0 Å². The van der Waals surface area contributed by atoms with E-state index in [1.54, 1.807) is 42.5 Å². The number of nitrogens with one attached hydrogen (secondary N) is 1. The lowest BCUT2D eigenvalue weighted by molar-refractivity contribution is -0.384. The molecule has 0 radical (unpaired) electrons. The van der Waals surface area contributed by atoms with Crippen molar-refractivity contribution < 1.29 is 23.6 Å². The molecule has 0 saturated carbocycles. The molecule has 0 aliphatic heterocycles. The van der Waals surface area contributed by atoms with Crippen molar-refractivity contribution in [3.63, 3.8) is 0 Å². The number of aryl methyl sites for hydroxylation is 1. The van der Waals surface area contributed by atoms with Gasteiger partial charge < -0.3 is 19.2 Å². The van der Waals surface area contributed by atoms with E-state index in [-0.39, 0.29) is 29.5 Å². The molecule has 0 aliphatic rings. The quantitative estimate of drug-likeness (QED) is 0.221. The normalized spacial score (nSPS) is 10.5. The predicted molar refractivity (Wildman–Crippen MR) is 127 cm³/mol. The molecule has 0 unspecified atom stereocenters. The molecular formula is C25H19ClN2O6. The summed E-state index contributed by atoms with van der Waals surface area (Å²) >= 11 is 5.85. The summed E-state index contributed by atoms with van der Waals surface area (Å²) in [4.78, 5) is 23.5. The molecule has 0 spiro atoms. The third-order valence-corrected chi connectivity index (χ3v) is 4.92. The number of carbonyl (C=O) groups excluding carboxylic acids is 1. The van der Waals surface area contributed by atoms with E-state index in [0.717, 1.165) is 5.56 Å². The van der Waals surface area contributed by atoms with Crippen LogP contribution in [-0.4, -0.2) is 10.8 Å². The molecule has 1 heterocycles. The van der Waals surface area contributed by atoms with Crippen LogP contribution in [0.5, 0.6) is 17.2 Å². The Hall–Kier alpha value is -4.30. The van der Waals surface area contributed by atoms with Gasteiger partial charge in [0.05, 0.1) is 16.7 Å². The number of furan rings is 1. The van der Waals surface area contributed by atoms with Gasteiger partial charge in [0.25, 0.3) is 11.6 Å². The standard InChI is InChI=1S/C25H19ClN2O6/c1-16-3-2-4-21(11-16)33-23-13-18(12-19(14-23)28(30)31)27-25(29)24-10-9-22(34-24)15-32-20-7-5-17(26)6-8-20/h2-14H,15H2,1H3,(H,27,29). The number of hydrogen-bond donors (Lipinski definition) is 1. The van der Waals surface area contributed by atoms with Gasteiger partial charge in [0.1, 0.15) is 29.6 Å². The molecule has 4 aromatic rings. The minimum Gasteiger partial charge on any atom is -0.486 e. The average Bonchev–Trinajstić information content (AvgIpc) is 3.28. The lowest BCUT2D eigenvalue weighted by Gasteiger charge is -2.09. The number of anilines is 1. The summed E-state index contributed by atoms with van der Waals surface area (Å²) in [5.74, 6) is 1.23. The van der Waals surface area contributed by atoms with Gasteiger partial charge in [-0.2, -0.15) is 0 Å². The largest absolute Gasteiger partial charge is 0.486 e. The molecule has 1 amide bonds. The number of halogens is 1. The van der Waals surface area contributed by atoms with Gasteiger partial charge in [0, 0.05) is 17.2 Å². The third kappa shape index (κ3) is 5.93. The van der Waals surface area contributed by atoms with Crippen LogP contribution >= 0.6 is 11.6 Å². The molecule has 172 valence electrons. The summed E-state index contributed by atoms with van der Waals surface area (Å²) in [7, 11) is 0. The Morgan fingerprint density at radius 2 is 1.79 bits per heavy atom. The summed E-state index contributed by atoms with van der Waals surface area (Å²) < 4.78 is 16.9. The van der Waals surface area contributed by atoms with Crippen molar-refractivity contribution in [3.8, 4) is 17.2 Å². The molecule has 3 aromatic carbocycles. The third-order valence-electron chi connectivity index (χ3n) is 4.67. The van der Waals surface area contributed by atoms with Crippen LogP contribution in [0.3, 0.4) is 0 Å². The van der Waals surface area contributed by atoms with E-state index in [9.17, 15) is 14.9 Å². The number of carbonyl (C=O) groups is 1. The Morgan fingerprint density at radius 1 is 1.00 bits per heavy atom. The van der Waals surface area contributed by atoms with Crippen molar-refractivity contribution in [2.45, 2.75) is 13.5 Å². The highest BCUT2D eigenvalue weighted by molar-refractivity contribution is 6.30. The fourth-order valence-corrected chi connectivity index (χ4v) is 3.22.